The van der Waals surface area contributed by atoms with E-state index in [0.29, 0.717) is 23.0 Å². The van der Waals surface area contributed by atoms with Gasteiger partial charge < -0.3 is 9.64 Å². The van der Waals surface area contributed by atoms with Crippen LogP contribution in [0.15, 0.2) is 34.2 Å². The highest BCUT2D eigenvalue weighted by Gasteiger charge is 2.36. The van der Waals surface area contributed by atoms with E-state index in [2.05, 4.69) is 9.98 Å². The molecule has 0 amide bonds. The summed E-state index contributed by atoms with van der Waals surface area (Å²) in [5.74, 6) is -0.0489. The van der Waals surface area contributed by atoms with E-state index in [1.165, 1.54) is 6.07 Å². The van der Waals surface area contributed by atoms with E-state index in [4.69, 9.17) is 4.74 Å². The van der Waals surface area contributed by atoms with Crippen LogP contribution in [-0.2, 0) is 16.0 Å². The van der Waals surface area contributed by atoms with E-state index in [1.54, 1.807) is 26.3 Å². The second-order valence-corrected chi connectivity index (χ2v) is 8.55. The molecule has 2 aromatic rings. The van der Waals surface area contributed by atoms with Crippen LogP contribution in [0.2, 0.25) is 0 Å². The minimum absolute atomic E-state index is 0.116. The molecule has 2 rings (SSSR count). The Morgan fingerprint density at radius 3 is 2.45 bits per heavy atom. The van der Waals surface area contributed by atoms with Gasteiger partial charge in [0.05, 0.1) is 28.2 Å². The lowest BCUT2D eigenvalue weighted by molar-refractivity contribution is -0.140. The molecule has 0 atom stereocenters. The van der Waals surface area contributed by atoms with Crippen molar-refractivity contribution in [1.82, 2.24) is 9.88 Å². The SMILES string of the molecule is CCN(C)C=Nc1cc(C)c(Oc2ccc(S(C)(=O)=O)c(C(F)(F)F)c2)nc1C. The molecular formula is C19H22F3N3O3S. The summed E-state index contributed by atoms with van der Waals surface area (Å²) in [6, 6.07) is 4.43. The van der Waals surface area contributed by atoms with Crippen LogP contribution >= 0.6 is 0 Å². The highest BCUT2D eigenvalue weighted by molar-refractivity contribution is 7.90. The van der Waals surface area contributed by atoms with Crippen LogP contribution in [0.5, 0.6) is 11.6 Å². The zero-order valence-corrected chi connectivity index (χ0v) is 17.5. The molecule has 0 radical (unpaired) electrons. The average Bonchev–Trinajstić information content (AvgIpc) is 2.61. The fraction of sp³-hybridized carbons (Fsp3) is 0.368. The Labute approximate surface area is 168 Å². The number of nitrogens with zero attached hydrogens (tertiary/aromatic N) is 3. The number of sulfone groups is 1. The van der Waals surface area contributed by atoms with E-state index in [0.717, 1.165) is 18.9 Å². The Kier molecular flexibility index (Phi) is 6.56. The van der Waals surface area contributed by atoms with Crippen LogP contribution in [0.3, 0.4) is 0 Å². The van der Waals surface area contributed by atoms with Gasteiger partial charge in [0, 0.05) is 25.4 Å². The molecule has 1 heterocycles. The zero-order chi connectivity index (χ0) is 22.0. The van der Waals surface area contributed by atoms with Gasteiger partial charge in [-0.3, -0.25) is 0 Å². The molecular weight excluding hydrogens is 407 g/mol. The maximum Gasteiger partial charge on any atom is 0.417 e. The van der Waals surface area contributed by atoms with Crippen molar-refractivity contribution in [3.63, 3.8) is 0 Å². The Balaban J connectivity index is 2.42. The fourth-order valence-corrected chi connectivity index (χ4v) is 3.26. The molecule has 0 N–H and O–H groups in total. The van der Waals surface area contributed by atoms with Crippen LogP contribution in [-0.4, -0.2) is 44.5 Å². The van der Waals surface area contributed by atoms with Gasteiger partial charge in [0.25, 0.3) is 0 Å². The average molecular weight is 429 g/mol. The smallest absolute Gasteiger partial charge is 0.417 e. The zero-order valence-electron chi connectivity index (χ0n) is 16.7. The number of hydrogen-bond donors (Lipinski definition) is 0. The number of pyridine rings is 1. The van der Waals surface area contributed by atoms with E-state index < -0.39 is 26.5 Å². The molecule has 1 aromatic heterocycles. The molecule has 0 saturated carbocycles. The number of benzene rings is 1. The quantitative estimate of drug-likeness (QED) is 0.499. The number of alkyl halides is 3. The van der Waals surface area contributed by atoms with Gasteiger partial charge in [0.15, 0.2) is 9.84 Å². The van der Waals surface area contributed by atoms with Gasteiger partial charge >= 0.3 is 6.18 Å². The van der Waals surface area contributed by atoms with Crippen molar-refractivity contribution in [2.75, 3.05) is 19.8 Å². The summed E-state index contributed by atoms with van der Waals surface area (Å²) in [7, 11) is -2.18. The first-order valence-corrected chi connectivity index (χ1v) is 10.5. The molecule has 0 bridgehead atoms. The van der Waals surface area contributed by atoms with E-state index in [-0.39, 0.29) is 11.6 Å². The van der Waals surface area contributed by atoms with E-state index in [9.17, 15) is 21.6 Å². The number of halogens is 3. The Morgan fingerprint density at radius 2 is 1.90 bits per heavy atom. The summed E-state index contributed by atoms with van der Waals surface area (Å²) in [5, 5.41) is 0. The van der Waals surface area contributed by atoms with Crippen LogP contribution in [0.1, 0.15) is 23.7 Å². The van der Waals surface area contributed by atoms with Crippen LogP contribution < -0.4 is 4.74 Å². The maximum atomic E-state index is 13.3. The molecule has 0 aliphatic heterocycles. The monoisotopic (exact) mass is 429 g/mol. The highest BCUT2D eigenvalue weighted by atomic mass is 32.2. The Morgan fingerprint density at radius 1 is 1.24 bits per heavy atom. The van der Waals surface area contributed by atoms with Gasteiger partial charge in [-0.05, 0) is 45.0 Å². The number of rotatable bonds is 6. The number of aromatic nitrogens is 1. The van der Waals surface area contributed by atoms with Crippen molar-refractivity contribution < 1.29 is 26.3 Å². The third-order valence-electron chi connectivity index (χ3n) is 4.09. The predicted molar refractivity (Wildman–Crippen MR) is 105 cm³/mol. The molecule has 0 aliphatic carbocycles. The Bertz CT molecular complexity index is 1030. The lowest BCUT2D eigenvalue weighted by atomic mass is 10.2. The molecule has 1 aromatic carbocycles. The topological polar surface area (TPSA) is 71.9 Å². The largest absolute Gasteiger partial charge is 0.439 e. The second kappa shape index (κ2) is 8.40. The van der Waals surface area contributed by atoms with E-state index >= 15 is 0 Å². The number of ether oxygens (including phenoxy) is 1. The van der Waals surface area contributed by atoms with Gasteiger partial charge in [0.2, 0.25) is 5.88 Å². The van der Waals surface area contributed by atoms with Crippen LogP contribution in [0.25, 0.3) is 0 Å². The Hall–Kier alpha value is -2.62. The molecule has 10 heteroatoms. The molecule has 0 aliphatic rings. The molecule has 0 saturated heterocycles. The summed E-state index contributed by atoms with van der Waals surface area (Å²) in [4.78, 5) is 9.69. The molecule has 0 spiro atoms. The van der Waals surface area contributed by atoms with Crippen molar-refractivity contribution in [2.45, 2.75) is 31.8 Å². The molecule has 0 fully saturated rings. The summed E-state index contributed by atoms with van der Waals surface area (Å²) in [5.41, 5.74) is 0.437. The molecule has 6 nitrogen and oxygen atoms in total. The first kappa shape index (κ1) is 22.7. The van der Waals surface area contributed by atoms with Gasteiger partial charge in [-0.2, -0.15) is 13.2 Å². The normalized spacial score (nSPS) is 12.4. The van der Waals surface area contributed by atoms with Crippen molar-refractivity contribution in [2.24, 2.45) is 4.99 Å². The number of aryl methyl sites for hydroxylation is 2. The van der Waals surface area contributed by atoms with Crippen molar-refractivity contribution in [1.29, 1.82) is 0 Å². The fourth-order valence-electron chi connectivity index (χ4n) is 2.37. The van der Waals surface area contributed by atoms with Gasteiger partial charge in [0.1, 0.15) is 5.75 Å². The second-order valence-electron chi connectivity index (χ2n) is 6.56. The van der Waals surface area contributed by atoms with Crippen molar-refractivity contribution in [3.8, 4) is 11.6 Å². The summed E-state index contributed by atoms with van der Waals surface area (Å²) < 4.78 is 68.8. The third kappa shape index (κ3) is 5.69. The minimum atomic E-state index is -4.85. The lowest BCUT2D eigenvalue weighted by Crippen LogP contribution is -2.14. The van der Waals surface area contributed by atoms with Gasteiger partial charge in [-0.1, -0.05) is 0 Å². The number of aliphatic imine (C=N–C) groups is 1. The third-order valence-corrected chi connectivity index (χ3v) is 5.25. The summed E-state index contributed by atoms with van der Waals surface area (Å²) >= 11 is 0. The molecule has 158 valence electrons. The van der Waals surface area contributed by atoms with Gasteiger partial charge in [-0.15, -0.1) is 0 Å². The maximum absolute atomic E-state index is 13.3. The van der Waals surface area contributed by atoms with Gasteiger partial charge in [-0.25, -0.2) is 18.4 Å². The first-order chi connectivity index (χ1) is 13.3. The standard InChI is InChI=1S/C19H22F3N3O3S/c1-6-25(4)11-23-16-9-12(2)18(24-13(16)3)28-14-7-8-17(29(5,26)27)15(10-14)19(20,21)22/h7-11H,6H2,1-5H3. The van der Waals surface area contributed by atoms with Crippen LogP contribution in [0.4, 0.5) is 18.9 Å². The van der Waals surface area contributed by atoms with Crippen LogP contribution in [0, 0.1) is 13.8 Å². The number of hydrogen-bond acceptors (Lipinski definition) is 5. The van der Waals surface area contributed by atoms with E-state index in [1.807, 2.05) is 18.9 Å². The summed E-state index contributed by atoms with van der Waals surface area (Å²) in [6.45, 7) is 6.16. The highest BCUT2D eigenvalue weighted by Crippen LogP contribution is 2.38. The minimum Gasteiger partial charge on any atom is -0.439 e. The summed E-state index contributed by atoms with van der Waals surface area (Å²) in [6.07, 6.45) is -2.47. The lowest BCUT2D eigenvalue weighted by Gasteiger charge is -2.15. The first-order valence-electron chi connectivity index (χ1n) is 8.64. The molecule has 0 unspecified atom stereocenters. The van der Waals surface area contributed by atoms with Crippen molar-refractivity contribution in [3.05, 3.63) is 41.1 Å². The molecule has 29 heavy (non-hydrogen) atoms. The predicted octanol–water partition coefficient (Wildman–Crippen LogP) is 4.52. The van der Waals surface area contributed by atoms with Crippen molar-refractivity contribution >= 4 is 21.9 Å².